The lowest BCUT2D eigenvalue weighted by Crippen LogP contribution is -2.40. The van der Waals surface area contributed by atoms with E-state index >= 15 is 0 Å². The number of benzene rings is 2. The Balaban J connectivity index is 1.95. The fourth-order valence-electron chi connectivity index (χ4n) is 2.98. The lowest BCUT2D eigenvalue weighted by atomic mass is 10.1. The minimum Gasteiger partial charge on any atom is -0.467 e. The molecule has 0 bridgehead atoms. The summed E-state index contributed by atoms with van der Waals surface area (Å²) in [6, 6.07) is 15.8. The van der Waals surface area contributed by atoms with E-state index in [9.17, 15) is 14.4 Å². The summed E-state index contributed by atoms with van der Waals surface area (Å²) in [7, 11) is 1.26. The third-order valence-electron chi connectivity index (χ3n) is 4.38. The summed E-state index contributed by atoms with van der Waals surface area (Å²) >= 11 is 0. The lowest BCUT2D eigenvalue weighted by molar-refractivity contribution is -0.144. The molecule has 3 aromatic rings. The number of carbonyl (C=O) groups excluding carboxylic acids is 2. The normalized spacial score (nSPS) is 11.8. The van der Waals surface area contributed by atoms with Crippen LogP contribution >= 0.6 is 0 Å². The van der Waals surface area contributed by atoms with Crippen LogP contribution in [0, 0.1) is 0 Å². The van der Waals surface area contributed by atoms with Crippen LogP contribution in [-0.2, 0) is 27.3 Å². The SMILES string of the molecule is COC(=O)[C@H](C)NC(=O)Cc1nn(Cc2ccccc2)c(=O)c2ccccc12. The van der Waals surface area contributed by atoms with Crippen molar-refractivity contribution in [2.24, 2.45) is 0 Å². The van der Waals surface area contributed by atoms with Gasteiger partial charge < -0.3 is 10.1 Å². The number of nitrogens with one attached hydrogen (secondary N) is 1. The Morgan fingerprint density at radius 2 is 1.71 bits per heavy atom. The number of esters is 1. The highest BCUT2D eigenvalue weighted by atomic mass is 16.5. The van der Waals surface area contributed by atoms with Gasteiger partial charge in [-0.2, -0.15) is 5.10 Å². The van der Waals surface area contributed by atoms with E-state index in [1.165, 1.54) is 11.8 Å². The zero-order chi connectivity index (χ0) is 20.1. The molecule has 0 aliphatic heterocycles. The number of aromatic nitrogens is 2. The van der Waals surface area contributed by atoms with Crippen LogP contribution in [0.5, 0.6) is 0 Å². The summed E-state index contributed by atoms with van der Waals surface area (Å²) in [5, 5.41) is 8.14. The Morgan fingerprint density at radius 3 is 2.39 bits per heavy atom. The molecule has 1 N–H and O–H groups in total. The average molecular weight is 379 g/mol. The maximum Gasteiger partial charge on any atom is 0.328 e. The smallest absolute Gasteiger partial charge is 0.328 e. The second-order valence-corrected chi connectivity index (χ2v) is 6.43. The van der Waals surface area contributed by atoms with Gasteiger partial charge in [-0.05, 0) is 18.6 Å². The second-order valence-electron chi connectivity index (χ2n) is 6.43. The van der Waals surface area contributed by atoms with Crippen molar-refractivity contribution in [3.05, 3.63) is 76.2 Å². The maximum absolute atomic E-state index is 12.8. The predicted octanol–water partition coefficient (Wildman–Crippen LogP) is 1.66. The molecule has 7 nitrogen and oxygen atoms in total. The van der Waals surface area contributed by atoms with Crippen molar-refractivity contribution in [3.8, 4) is 0 Å². The van der Waals surface area contributed by atoms with Gasteiger partial charge in [0.15, 0.2) is 0 Å². The topological polar surface area (TPSA) is 90.3 Å². The van der Waals surface area contributed by atoms with Gasteiger partial charge in [-0.15, -0.1) is 0 Å². The van der Waals surface area contributed by atoms with Crippen LogP contribution in [0.4, 0.5) is 0 Å². The Kier molecular flexibility index (Phi) is 5.84. The molecule has 7 heteroatoms. The third kappa shape index (κ3) is 4.25. The van der Waals surface area contributed by atoms with Gasteiger partial charge in [0.2, 0.25) is 5.91 Å². The molecule has 2 aromatic carbocycles. The number of rotatable bonds is 6. The van der Waals surface area contributed by atoms with E-state index in [1.54, 1.807) is 31.2 Å². The summed E-state index contributed by atoms with van der Waals surface area (Å²) in [5.41, 5.74) is 1.19. The van der Waals surface area contributed by atoms with E-state index in [0.29, 0.717) is 23.0 Å². The first-order chi connectivity index (χ1) is 13.5. The van der Waals surface area contributed by atoms with Crippen LogP contribution in [0.1, 0.15) is 18.2 Å². The van der Waals surface area contributed by atoms with Gasteiger partial charge in [-0.3, -0.25) is 9.59 Å². The van der Waals surface area contributed by atoms with Gasteiger partial charge in [-0.25, -0.2) is 9.48 Å². The minimum atomic E-state index is -0.765. The first-order valence-corrected chi connectivity index (χ1v) is 8.89. The van der Waals surface area contributed by atoms with Crippen molar-refractivity contribution in [3.63, 3.8) is 0 Å². The molecule has 0 aliphatic rings. The van der Waals surface area contributed by atoms with Crippen LogP contribution in [0.25, 0.3) is 10.8 Å². The van der Waals surface area contributed by atoms with E-state index in [0.717, 1.165) is 5.56 Å². The number of ether oxygens (including phenoxy) is 1. The van der Waals surface area contributed by atoms with Crippen molar-refractivity contribution in [2.75, 3.05) is 7.11 Å². The summed E-state index contributed by atoms with van der Waals surface area (Å²) < 4.78 is 5.98. The van der Waals surface area contributed by atoms with Crippen LogP contribution in [0.3, 0.4) is 0 Å². The molecule has 0 radical (unpaired) electrons. The molecular weight excluding hydrogens is 358 g/mol. The van der Waals surface area contributed by atoms with Crippen LogP contribution in [0.15, 0.2) is 59.4 Å². The average Bonchev–Trinajstić information content (AvgIpc) is 2.71. The van der Waals surface area contributed by atoms with E-state index in [2.05, 4.69) is 15.2 Å². The van der Waals surface area contributed by atoms with E-state index < -0.39 is 12.0 Å². The highest BCUT2D eigenvalue weighted by Crippen LogP contribution is 2.14. The quantitative estimate of drug-likeness (QED) is 0.658. The standard InChI is InChI=1S/C21H21N3O4/c1-14(21(27)28-2)22-19(25)12-18-16-10-6-7-11-17(16)20(26)24(23-18)13-15-8-4-3-5-9-15/h3-11,14H,12-13H2,1-2H3,(H,22,25)/t14-/m0/s1. The molecular formula is C21H21N3O4. The van der Waals surface area contributed by atoms with Crippen molar-refractivity contribution in [1.29, 1.82) is 0 Å². The minimum absolute atomic E-state index is 0.0586. The molecule has 1 heterocycles. The van der Waals surface area contributed by atoms with Gasteiger partial charge in [0, 0.05) is 5.39 Å². The molecule has 0 aliphatic carbocycles. The molecule has 144 valence electrons. The van der Waals surface area contributed by atoms with Crippen molar-refractivity contribution < 1.29 is 14.3 Å². The summed E-state index contributed by atoms with van der Waals surface area (Å²) in [6.45, 7) is 1.85. The number of hydrogen-bond acceptors (Lipinski definition) is 5. The summed E-state index contributed by atoms with van der Waals surface area (Å²) in [4.78, 5) is 36.7. The third-order valence-corrected chi connectivity index (χ3v) is 4.38. The molecule has 3 rings (SSSR count). The van der Waals surface area contributed by atoms with Crippen LogP contribution < -0.4 is 10.9 Å². The van der Waals surface area contributed by atoms with Gasteiger partial charge in [0.25, 0.3) is 5.56 Å². The van der Waals surface area contributed by atoms with Crippen molar-refractivity contribution in [1.82, 2.24) is 15.1 Å². The lowest BCUT2D eigenvalue weighted by Gasteiger charge is -2.13. The molecule has 1 atom stereocenters. The van der Waals surface area contributed by atoms with E-state index in [1.807, 2.05) is 30.3 Å². The fourth-order valence-corrected chi connectivity index (χ4v) is 2.98. The number of amides is 1. The Morgan fingerprint density at radius 1 is 1.07 bits per heavy atom. The van der Waals surface area contributed by atoms with Gasteiger partial charge in [0.05, 0.1) is 31.2 Å². The molecule has 0 saturated heterocycles. The summed E-state index contributed by atoms with van der Waals surface area (Å²) in [5.74, 6) is -0.902. The predicted molar refractivity (Wildman–Crippen MR) is 105 cm³/mol. The Labute approximate surface area is 161 Å². The molecule has 0 spiro atoms. The molecule has 0 unspecified atom stereocenters. The van der Waals surface area contributed by atoms with Crippen LogP contribution in [-0.4, -0.2) is 34.8 Å². The molecule has 0 fully saturated rings. The van der Waals surface area contributed by atoms with Gasteiger partial charge in [0.1, 0.15) is 6.04 Å². The number of fused-ring (bicyclic) bond motifs is 1. The first-order valence-electron chi connectivity index (χ1n) is 8.89. The second kappa shape index (κ2) is 8.47. The fraction of sp³-hybridized carbons (Fsp3) is 0.238. The number of hydrogen-bond donors (Lipinski definition) is 1. The molecule has 1 amide bonds. The number of methoxy groups -OCH3 is 1. The zero-order valence-corrected chi connectivity index (χ0v) is 15.7. The maximum atomic E-state index is 12.8. The highest BCUT2D eigenvalue weighted by Gasteiger charge is 2.18. The van der Waals surface area contributed by atoms with Crippen molar-refractivity contribution in [2.45, 2.75) is 25.9 Å². The van der Waals surface area contributed by atoms with Crippen molar-refractivity contribution >= 4 is 22.6 Å². The van der Waals surface area contributed by atoms with E-state index in [4.69, 9.17) is 0 Å². The number of nitrogens with zero attached hydrogens (tertiary/aromatic N) is 2. The molecule has 1 aromatic heterocycles. The van der Waals surface area contributed by atoms with Crippen LogP contribution in [0.2, 0.25) is 0 Å². The van der Waals surface area contributed by atoms with Gasteiger partial charge in [-0.1, -0.05) is 48.5 Å². The highest BCUT2D eigenvalue weighted by molar-refractivity contribution is 5.90. The summed E-state index contributed by atoms with van der Waals surface area (Å²) in [6.07, 6.45) is -0.0586. The largest absolute Gasteiger partial charge is 0.467 e. The van der Waals surface area contributed by atoms with Gasteiger partial charge >= 0.3 is 5.97 Å². The molecule has 0 saturated carbocycles. The molecule has 28 heavy (non-hydrogen) atoms. The Hall–Kier alpha value is -3.48. The first kappa shape index (κ1) is 19.3. The van der Waals surface area contributed by atoms with E-state index in [-0.39, 0.29) is 17.9 Å². The zero-order valence-electron chi connectivity index (χ0n) is 15.7. The monoisotopic (exact) mass is 379 g/mol. The Bertz CT molecular complexity index is 1060. The number of carbonyl (C=O) groups is 2.